The standard InChI is InChI=1S/C24H19N3O4S/c1-3-31-23(30)17-13(2)25-24-27(19(17)14-9-5-4-6-10-14)22(29)20(32-24)18-15-11-7-8-12-16(15)26-21(18)28/h4-12,19H,3H2,1-2H3,(H,26,28)/b20-18-. The molecule has 2 aliphatic rings. The lowest BCUT2D eigenvalue weighted by atomic mass is 9.96. The minimum absolute atomic E-state index is 0.211. The molecule has 2 aliphatic heterocycles. The van der Waals surface area contributed by atoms with Gasteiger partial charge in [-0.05, 0) is 25.5 Å². The summed E-state index contributed by atoms with van der Waals surface area (Å²) < 4.78 is 7.08. The molecule has 1 atom stereocenters. The van der Waals surface area contributed by atoms with E-state index in [4.69, 9.17) is 4.74 Å². The molecule has 2 aromatic carbocycles. The van der Waals surface area contributed by atoms with Gasteiger partial charge in [-0.1, -0.05) is 59.9 Å². The zero-order valence-electron chi connectivity index (χ0n) is 17.4. The Morgan fingerprint density at radius 2 is 1.84 bits per heavy atom. The fourth-order valence-electron chi connectivity index (χ4n) is 4.14. The molecule has 0 radical (unpaired) electrons. The van der Waals surface area contributed by atoms with Gasteiger partial charge in [-0.3, -0.25) is 14.2 Å². The Morgan fingerprint density at radius 3 is 2.59 bits per heavy atom. The van der Waals surface area contributed by atoms with Crippen molar-refractivity contribution < 1.29 is 14.3 Å². The van der Waals surface area contributed by atoms with Gasteiger partial charge in [-0.15, -0.1) is 0 Å². The summed E-state index contributed by atoms with van der Waals surface area (Å²) in [5, 5.41) is 2.82. The molecule has 8 heteroatoms. The molecule has 3 heterocycles. The van der Waals surface area contributed by atoms with Gasteiger partial charge in [0, 0.05) is 11.3 Å². The van der Waals surface area contributed by atoms with Crippen LogP contribution >= 0.6 is 11.3 Å². The van der Waals surface area contributed by atoms with E-state index in [-0.39, 0.29) is 18.1 Å². The van der Waals surface area contributed by atoms with E-state index in [0.717, 1.165) is 16.9 Å². The van der Waals surface area contributed by atoms with E-state index in [0.29, 0.717) is 37.4 Å². The van der Waals surface area contributed by atoms with Crippen molar-refractivity contribution in [1.82, 2.24) is 4.57 Å². The van der Waals surface area contributed by atoms with Crippen molar-refractivity contribution in [2.45, 2.75) is 19.9 Å². The fraction of sp³-hybridized carbons (Fsp3) is 0.167. The van der Waals surface area contributed by atoms with Gasteiger partial charge in [0.2, 0.25) is 0 Å². The van der Waals surface area contributed by atoms with Crippen LogP contribution in [0.1, 0.15) is 31.0 Å². The number of amides is 1. The van der Waals surface area contributed by atoms with E-state index < -0.39 is 12.0 Å². The van der Waals surface area contributed by atoms with E-state index in [9.17, 15) is 14.4 Å². The first-order chi connectivity index (χ1) is 15.5. The van der Waals surface area contributed by atoms with Crippen molar-refractivity contribution in [3.8, 4) is 0 Å². The number of ether oxygens (including phenoxy) is 1. The van der Waals surface area contributed by atoms with Gasteiger partial charge in [0.25, 0.3) is 11.5 Å². The zero-order valence-corrected chi connectivity index (χ0v) is 18.2. The number of benzene rings is 2. The minimum Gasteiger partial charge on any atom is -0.463 e. The number of carbonyl (C=O) groups is 2. The number of nitrogens with one attached hydrogen (secondary N) is 1. The molecule has 3 aromatic rings. The first-order valence-corrected chi connectivity index (χ1v) is 11.0. The molecule has 0 bridgehead atoms. The van der Waals surface area contributed by atoms with Crippen LogP contribution in [0.3, 0.4) is 0 Å². The zero-order chi connectivity index (χ0) is 22.4. The van der Waals surface area contributed by atoms with Gasteiger partial charge in [-0.2, -0.15) is 0 Å². The predicted octanol–water partition coefficient (Wildman–Crippen LogP) is 2.12. The summed E-state index contributed by atoms with van der Waals surface area (Å²) >= 11 is 1.16. The van der Waals surface area contributed by atoms with Crippen LogP contribution in [0, 0.1) is 0 Å². The maximum Gasteiger partial charge on any atom is 0.338 e. The van der Waals surface area contributed by atoms with Crippen LogP contribution in [0.15, 0.2) is 75.7 Å². The lowest BCUT2D eigenvalue weighted by molar-refractivity contribution is -0.139. The number of nitrogens with zero attached hydrogens (tertiary/aromatic N) is 2. The summed E-state index contributed by atoms with van der Waals surface area (Å²) in [6.07, 6.45) is 0. The number of aromatic nitrogens is 1. The van der Waals surface area contributed by atoms with E-state index in [1.807, 2.05) is 48.5 Å². The molecule has 1 amide bonds. The van der Waals surface area contributed by atoms with Gasteiger partial charge in [0.1, 0.15) is 4.53 Å². The maximum atomic E-state index is 13.7. The number of hydrogen-bond acceptors (Lipinski definition) is 6. The number of para-hydroxylation sites is 1. The maximum absolute atomic E-state index is 13.7. The van der Waals surface area contributed by atoms with Gasteiger partial charge >= 0.3 is 5.97 Å². The second-order valence-corrected chi connectivity index (χ2v) is 8.39. The average Bonchev–Trinajstić information content (AvgIpc) is 3.28. The molecule has 7 nitrogen and oxygen atoms in total. The molecule has 0 saturated heterocycles. The van der Waals surface area contributed by atoms with E-state index in [1.54, 1.807) is 19.9 Å². The summed E-state index contributed by atoms with van der Waals surface area (Å²) in [5.41, 5.74) is 2.89. The third-order valence-electron chi connectivity index (χ3n) is 5.51. The highest BCUT2D eigenvalue weighted by Crippen LogP contribution is 2.32. The quantitative estimate of drug-likeness (QED) is 0.626. The highest BCUT2D eigenvalue weighted by molar-refractivity contribution is 7.07. The molecule has 0 saturated carbocycles. The fourth-order valence-corrected chi connectivity index (χ4v) is 5.28. The Balaban J connectivity index is 1.83. The molecule has 1 unspecified atom stereocenters. The Labute approximate surface area is 187 Å². The Hall–Kier alpha value is -3.78. The number of esters is 1. The average molecular weight is 446 g/mol. The number of fused-ring (bicyclic) bond motifs is 2. The summed E-state index contributed by atoms with van der Waals surface area (Å²) in [6, 6.07) is 15.9. The SMILES string of the molecule is CCOC(=O)C1=C(C)N=c2s/c(=C3\C(=O)Nc4ccccc43)c(=O)n2C1c1ccccc1. The molecule has 5 rings (SSSR count). The van der Waals surface area contributed by atoms with Crippen molar-refractivity contribution in [3.05, 3.63) is 96.7 Å². The van der Waals surface area contributed by atoms with Gasteiger partial charge in [0.15, 0.2) is 4.80 Å². The second-order valence-electron chi connectivity index (χ2n) is 7.41. The third-order valence-corrected chi connectivity index (χ3v) is 6.56. The molecule has 1 aromatic heterocycles. The van der Waals surface area contributed by atoms with Crippen molar-refractivity contribution in [3.63, 3.8) is 0 Å². The van der Waals surface area contributed by atoms with Crippen LogP contribution in [-0.4, -0.2) is 23.1 Å². The highest BCUT2D eigenvalue weighted by Gasteiger charge is 2.34. The van der Waals surface area contributed by atoms with Crippen molar-refractivity contribution in [2.75, 3.05) is 11.9 Å². The molecular weight excluding hydrogens is 426 g/mol. The summed E-state index contributed by atoms with van der Waals surface area (Å²) in [6.45, 7) is 3.68. The van der Waals surface area contributed by atoms with Gasteiger partial charge < -0.3 is 10.1 Å². The van der Waals surface area contributed by atoms with Crippen LogP contribution in [0.4, 0.5) is 5.69 Å². The normalized spacial score (nSPS) is 18.6. The molecule has 0 spiro atoms. The van der Waals surface area contributed by atoms with Gasteiger partial charge in [0.05, 0.1) is 29.5 Å². The van der Waals surface area contributed by atoms with Crippen molar-refractivity contribution in [1.29, 1.82) is 0 Å². The largest absolute Gasteiger partial charge is 0.463 e. The van der Waals surface area contributed by atoms with E-state index in [1.165, 1.54) is 4.57 Å². The molecule has 32 heavy (non-hydrogen) atoms. The third kappa shape index (κ3) is 3.03. The first-order valence-electron chi connectivity index (χ1n) is 10.2. The molecule has 160 valence electrons. The van der Waals surface area contributed by atoms with Crippen LogP contribution < -0.4 is 20.2 Å². The second kappa shape index (κ2) is 7.72. The van der Waals surface area contributed by atoms with E-state index >= 15 is 0 Å². The Kier molecular flexibility index (Phi) is 4.86. The minimum atomic E-state index is -0.694. The molecule has 0 aliphatic carbocycles. The lowest BCUT2D eigenvalue weighted by Gasteiger charge is -2.24. The number of hydrogen-bond donors (Lipinski definition) is 1. The van der Waals surface area contributed by atoms with Crippen LogP contribution in [0.2, 0.25) is 0 Å². The summed E-state index contributed by atoms with van der Waals surface area (Å²) in [4.78, 5) is 44.3. The predicted molar refractivity (Wildman–Crippen MR) is 121 cm³/mol. The highest BCUT2D eigenvalue weighted by atomic mass is 32.1. The van der Waals surface area contributed by atoms with E-state index in [2.05, 4.69) is 10.3 Å². The lowest BCUT2D eigenvalue weighted by Crippen LogP contribution is -2.40. The molecular formula is C24H19N3O4S. The van der Waals surface area contributed by atoms with Crippen molar-refractivity contribution in [2.24, 2.45) is 4.99 Å². The number of rotatable bonds is 3. The summed E-state index contributed by atoms with van der Waals surface area (Å²) in [7, 11) is 0. The molecule has 1 N–H and O–H groups in total. The van der Waals surface area contributed by atoms with Crippen LogP contribution in [-0.2, 0) is 14.3 Å². The van der Waals surface area contributed by atoms with Crippen LogP contribution in [0.25, 0.3) is 5.57 Å². The number of anilines is 1. The number of thiazole rings is 1. The van der Waals surface area contributed by atoms with Gasteiger partial charge in [-0.25, -0.2) is 9.79 Å². The Bertz CT molecular complexity index is 1480. The number of allylic oxidation sites excluding steroid dienone is 1. The first kappa shape index (κ1) is 20.1. The monoisotopic (exact) mass is 445 g/mol. The van der Waals surface area contributed by atoms with Crippen molar-refractivity contribution >= 4 is 34.5 Å². The molecule has 0 fully saturated rings. The Morgan fingerprint density at radius 1 is 1.12 bits per heavy atom. The smallest absolute Gasteiger partial charge is 0.338 e. The number of carbonyl (C=O) groups excluding carboxylic acids is 2. The topological polar surface area (TPSA) is 89.8 Å². The summed E-state index contributed by atoms with van der Waals surface area (Å²) in [5.74, 6) is -0.835. The van der Waals surface area contributed by atoms with Crippen LogP contribution in [0.5, 0.6) is 0 Å².